The van der Waals surface area contributed by atoms with Crippen molar-refractivity contribution in [3.8, 4) is 17.2 Å². The van der Waals surface area contributed by atoms with Crippen LogP contribution in [0.15, 0.2) is 42.5 Å². The molecule has 0 fully saturated rings. The third-order valence-corrected chi connectivity index (χ3v) is 3.36. The first-order valence-corrected chi connectivity index (χ1v) is 7.09. The number of hydrogen-bond acceptors (Lipinski definition) is 5. The molecule has 23 heavy (non-hydrogen) atoms. The minimum absolute atomic E-state index is 0.175. The number of aldehydes is 1. The molecule has 6 nitrogen and oxygen atoms in total. The molecule has 0 bridgehead atoms. The Balaban J connectivity index is 1.67. The van der Waals surface area contributed by atoms with Crippen LogP contribution < -0.4 is 19.5 Å². The molecule has 0 spiro atoms. The molecule has 0 saturated carbocycles. The Kier molecular flexibility index (Phi) is 4.14. The van der Waals surface area contributed by atoms with Crippen LogP contribution in [-0.4, -0.2) is 25.1 Å². The summed E-state index contributed by atoms with van der Waals surface area (Å²) in [6.07, 6.45) is -0.0702. The standard InChI is InChI=1S/C17H15NO5/c1-11(23-14-5-3-2-4-12(14)9-19)17(20)18-13-6-7-15-16(8-13)22-10-21-15/h2-9,11H,10H2,1H3,(H,18,20)/t11-/m1/s1. The highest BCUT2D eigenvalue weighted by Gasteiger charge is 2.18. The quantitative estimate of drug-likeness (QED) is 0.859. The van der Waals surface area contributed by atoms with Gasteiger partial charge in [0.1, 0.15) is 5.75 Å². The Bertz CT molecular complexity index is 744. The zero-order valence-corrected chi connectivity index (χ0v) is 12.4. The molecule has 2 aromatic rings. The molecule has 0 aromatic heterocycles. The number of carbonyl (C=O) groups is 2. The largest absolute Gasteiger partial charge is 0.480 e. The second-order valence-corrected chi connectivity index (χ2v) is 4.97. The Morgan fingerprint density at radius 2 is 2.00 bits per heavy atom. The Morgan fingerprint density at radius 3 is 2.83 bits per heavy atom. The van der Waals surface area contributed by atoms with E-state index < -0.39 is 6.10 Å². The van der Waals surface area contributed by atoms with Crippen LogP contribution in [0.25, 0.3) is 0 Å². The lowest BCUT2D eigenvalue weighted by Gasteiger charge is -2.16. The van der Waals surface area contributed by atoms with Gasteiger partial charge in [-0.3, -0.25) is 9.59 Å². The third-order valence-electron chi connectivity index (χ3n) is 3.36. The first kappa shape index (κ1) is 14.9. The lowest BCUT2D eigenvalue weighted by Crippen LogP contribution is -2.30. The zero-order valence-electron chi connectivity index (χ0n) is 12.4. The predicted octanol–water partition coefficient (Wildman–Crippen LogP) is 2.63. The highest BCUT2D eigenvalue weighted by Crippen LogP contribution is 2.34. The molecule has 1 heterocycles. The van der Waals surface area contributed by atoms with E-state index in [1.165, 1.54) is 0 Å². The first-order valence-electron chi connectivity index (χ1n) is 7.09. The van der Waals surface area contributed by atoms with E-state index in [4.69, 9.17) is 14.2 Å². The summed E-state index contributed by atoms with van der Waals surface area (Å²) in [4.78, 5) is 23.2. The molecular formula is C17H15NO5. The second-order valence-electron chi connectivity index (χ2n) is 4.97. The molecule has 1 aliphatic rings. The summed E-state index contributed by atoms with van der Waals surface area (Å²) < 4.78 is 16.0. The van der Waals surface area contributed by atoms with Crippen LogP contribution >= 0.6 is 0 Å². The number of carbonyl (C=O) groups excluding carboxylic acids is 2. The van der Waals surface area contributed by atoms with Gasteiger partial charge in [-0.25, -0.2) is 0 Å². The van der Waals surface area contributed by atoms with Crippen molar-refractivity contribution in [2.24, 2.45) is 0 Å². The molecule has 6 heteroatoms. The van der Waals surface area contributed by atoms with Crippen LogP contribution in [0.4, 0.5) is 5.69 Å². The number of amides is 1. The molecule has 0 radical (unpaired) electrons. The van der Waals surface area contributed by atoms with Crippen LogP contribution in [-0.2, 0) is 4.79 Å². The van der Waals surface area contributed by atoms with Gasteiger partial charge in [0.15, 0.2) is 23.9 Å². The van der Waals surface area contributed by atoms with Gasteiger partial charge in [0.25, 0.3) is 5.91 Å². The summed E-state index contributed by atoms with van der Waals surface area (Å²) in [5.74, 6) is 1.27. The van der Waals surface area contributed by atoms with E-state index in [9.17, 15) is 9.59 Å². The van der Waals surface area contributed by atoms with Gasteiger partial charge in [-0.2, -0.15) is 0 Å². The minimum atomic E-state index is -0.762. The third kappa shape index (κ3) is 3.26. The fourth-order valence-corrected chi connectivity index (χ4v) is 2.15. The number of ether oxygens (including phenoxy) is 3. The molecule has 3 rings (SSSR count). The molecule has 1 atom stereocenters. The maximum absolute atomic E-state index is 12.2. The summed E-state index contributed by atoms with van der Waals surface area (Å²) in [5.41, 5.74) is 0.980. The molecule has 118 valence electrons. The summed E-state index contributed by atoms with van der Waals surface area (Å²) >= 11 is 0. The number of benzene rings is 2. The van der Waals surface area contributed by atoms with Gasteiger partial charge in [-0.05, 0) is 31.2 Å². The lowest BCUT2D eigenvalue weighted by atomic mass is 10.2. The molecule has 0 unspecified atom stereocenters. The maximum Gasteiger partial charge on any atom is 0.265 e. The molecule has 1 amide bonds. The summed E-state index contributed by atoms with van der Waals surface area (Å²) in [6.45, 7) is 1.79. The number of hydrogen-bond donors (Lipinski definition) is 1. The monoisotopic (exact) mass is 313 g/mol. The average molecular weight is 313 g/mol. The summed E-state index contributed by atoms with van der Waals surface area (Å²) in [6, 6.07) is 11.9. The second kappa shape index (κ2) is 6.39. The van der Waals surface area contributed by atoms with Crippen LogP contribution in [0, 0.1) is 0 Å². The topological polar surface area (TPSA) is 73.9 Å². The van der Waals surface area contributed by atoms with Crippen molar-refractivity contribution in [1.82, 2.24) is 0 Å². The minimum Gasteiger partial charge on any atom is -0.480 e. The summed E-state index contributed by atoms with van der Waals surface area (Å²) in [7, 11) is 0. The van der Waals surface area contributed by atoms with Crippen molar-refractivity contribution in [2.75, 3.05) is 12.1 Å². The smallest absolute Gasteiger partial charge is 0.265 e. The van der Waals surface area contributed by atoms with E-state index in [1.807, 2.05) is 0 Å². The normalized spacial score (nSPS) is 13.3. The number of para-hydroxylation sites is 1. The highest BCUT2D eigenvalue weighted by molar-refractivity contribution is 5.94. The molecule has 2 aromatic carbocycles. The molecule has 0 aliphatic carbocycles. The van der Waals surface area contributed by atoms with E-state index in [-0.39, 0.29) is 12.7 Å². The number of nitrogens with one attached hydrogen (secondary N) is 1. The van der Waals surface area contributed by atoms with Crippen molar-refractivity contribution in [3.63, 3.8) is 0 Å². The van der Waals surface area contributed by atoms with Crippen molar-refractivity contribution >= 4 is 17.9 Å². The van der Waals surface area contributed by atoms with Gasteiger partial charge in [0.2, 0.25) is 6.79 Å². The van der Waals surface area contributed by atoms with Gasteiger partial charge < -0.3 is 19.5 Å². The van der Waals surface area contributed by atoms with Crippen LogP contribution in [0.2, 0.25) is 0 Å². The Morgan fingerprint density at radius 1 is 1.22 bits per heavy atom. The lowest BCUT2D eigenvalue weighted by molar-refractivity contribution is -0.122. The van der Waals surface area contributed by atoms with E-state index in [2.05, 4.69) is 5.32 Å². The maximum atomic E-state index is 12.2. The van der Waals surface area contributed by atoms with Crippen LogP contribution in [0.1, 0.15) is 17.3 Å². The van der Waals surface area contributed by atoms with E-state index in [0.717, 1.165) is 0 Å². The van der Waals surface area contributed by atoms with Crippen molar-refractivity contribution in [3.05, 3.63) is 48.0 Å². The van der Waals surface area contributed by atoms with Gasteiger partial charge in [-0.1, -0.05) is 12.1 Å². The van der Waals surface area contributed by atoms with Gasteiger partial charge in [0, 0.05) is 11.8 Å². The van der Waals surface area contributed by atoms with Crippen molar-refractivity contribution in [1.29, 1.82) is 0 Å². The molecule has 1 N–H and O–H groups in total. The molecule has 1 aliphatic heterocycles. The van der Waals surface area contributed by atoms with Crippen LogP contribution in [0.3, 0.4) is 0 Å². The van der Waals surface area contributed by atoms with Gasteiger partial charge >= 0.3 is 0 Å². The van der Waals surface area contributed by atoms with Gasteiger partial charge in [-0.15, -0.1) is 0 Å². The predicted molar refractivity (Wildman–Crippen MR) is 83.1 cm³/mol. The summed E-state index contributed by atoms with van der Waals surface area (Å²) in [5, 5.41) is 2.74. The highest BCUT2D eigenvalue weighted by atomic mass is 16.7. The number of rotatable bonds is 5. The molecular weight excluding hydrogens is 298 g/mol. The average Bonchev–Trinajstić information content (AvgIpc) is 3.03. The molecule has 0 saturated heterocycles. The number of fused-ring (bicyclic) bond motifs is 1. The van der Waals surface area contributed by atoms with E-state index in [1.54, 1.807) is 49.4 Å². The zero-order chi connectivity index (χ0) is 16.2. The Hall–Kier alpha value is -3.02. The number of anilines is 1. The first-order chi connectivity index (χ1) is 11.2. The van der Waals surface area contributed by atoms with Crippen molar-refractivity contribution in [2.45, 2.75) is 13.0 Å². The Labute approximate surface area is 133 Å². The van der Waals surface area contributed by atoms with Crippen LogP contribution in [0.5, 0.6) is 17.2 Å². The van der Waals surface area contributed by atoms with Gasteiger partial charge in [0.05, 0.1) is 5.56 Å². The van der Waals surface area contributed by atoms with Crippen molar-refractivity contribution < 1.29 is 23.8 Å². The van der Waals surface area contributed by atoms with E-state index in [0.29, 0.717) is 34.8 Å². The SMILES string of the molecule is C[C@@H](Oc1ccccc1C=O)C(=O)Nc1ccc2c(c1)OCO2. The van der Waals surface area contributed by atoms with E-state index >= 15 is 0 Å². The fraction of sp³-hybridized carbons (Fsp3) is 0.176. The fourth-order valence-electron chi connectivity index (χ4n) is 2.15.